The summed E-state index contributed by atoms with van der Waals surface area (Å²) in [6.07, 6.45) is 5.45. The van der Waals surface area contributed by atoms with E-state index in [0.29, 0.717) is 6.42 Å². The molecule has 3 rings (SSSR count). The fourth-order valence-electron chi connectivity index (χ4n) is 3.06. The third-order valence-electron chi connectivity index (χ3n) is 4.71. The molecule has 0 aliphatic heterocycles. The van der Waals surface area contributed by atoms with E-state index < -0.39 is 0 Å². The molecule has 1 amide bonds. The highest BCUT2D eigenvalue weighted by molar-refractivity contribution is 5.96. The minimum atomic E-state index is -0.280. The first-order valence-corrected chi connectivity index (χ1v) is 8.96. The number of fused-ring (bicyclic) bond motifs is 1. The van der Waals surface area contributed by atoms with Gasteiger partial charge in [0.25, 0.3) is 0 Å². The Hall–Kier alpha value is -2.62. The summed E-state index contributed by atoms with van der Waals surface area (Å²) < 4.78 is 1.79. The Balaban J connectivity index is 1.92. The molecule has 0 fully saturated rings. The van der Waals surface area contributed by atoms with Crippen LogP contribution in [0.25, 0.3) is 21.9 Å². The zero-order valence-corrected chi connectivity index (χ0v) is 15.1. The molecule has 1 heterocycles. The molecule has 3 aromatic rings. The van der Waals surface area contributed by atoms with E-state index in [1.165, 1.54) is 10.8 Å². The van der Waals surface area contributed by atoms with Gasteiger partial charge in [-0.2, -0.15) is 5.10 Å². The predicted molar refractivity (Wildman–Crippen MR) is 102 cm³/mol. The summed E-state index contributed by atoms with van der Waals surface area (Å²) in [7, 11) is 0. The molecule has 0 aliphatic carbocycles. The summed E-state index contributed by atoms with van der Waals surface area (Å²) in [6, 6.07) is 14.5. The number of hydrogen-bond acceptors (Lipinski definition) is 2. The molecule has 1 aromatic heterocycles. The summed E-state index contributed by atoms with van der Waals surface area (Å²) in [6.45, 7) is 6.10. The second kappa shape index (κ2) is 7.51. The quantitative estimate of drug-likeness (QED) is 0.717. The van der Waals surface area contributed by atoms with Gasteiger partial charge in [-0.25, -0.2) is 0 Å². The van der Waals surface area contributed by atoms with Crippen LogP contribution in [0.5, 0.6) is 0 Å². The predicted octanol–water partition coefficient (Wildman–Crippen LogP) is 4.57. The van der Waals surface area contributed by atoms with Crippen molar-refractivity contribution >= 4 is 16.7 Å². The summed E-state index contributed by atoms with van der Waals surface area (Å²) in [4.78, 5) is 12.5. The number of carbonyl (C=O) groups excluding carboxylic acids is 1. The molecule has 0 aliphatic rings. The van der Waals surface area contributed by atoms with Crippen LogP contribution in [0.15, 0.2) is 54.9 Å². The van der Waals surface area contributed by atoms with Crippen LogP contribution in [0.4, 0.5) is 0 Å². The van der Waals surface area contributed by atoms with Gasteiger partial charge >= 0.3 is 0 Å². The first-order valence-electron chi connectivity index (χ1n) is 8.96. The Labute approximate surface area is 148 Å². The molecule has 0 saturated heterocycles. The van der Waals surface area contributed by atoms with Gasteiger partial charge < -0.3 is 5.32 Å². The van der Waals surface area contributed by atoms with Crippen molar-refractivity contribution in [2.24, 2.45) is 0 Å². The maximum atomic E-state index is 12.5. The highest BCUT2D eigenvalue weighted by atomic mass is 16.2. The van der Waals surface area contributed by atoms with Crippen molar-refractivity contribution in [3.05, 3.63) is 54.9 Å². The monoisotopic (exact) mass is 335 g/mol. The molecule has 4 heteroatoms. The SMILES string of the molecule is CCC(C)NC(=O)C(CC)n1cc(-c2cccc3ccccc23)cn1. The summed E-state index contributed by atoms with van der Waals surface area (Å²) in [5.74, 6) is 0.0319. The zero-order valence-electron chi connectivity index (χ0n) is 15.1. The molecule has 2 aromatic carbocycles. The van der Waals surface area contributed by atoms with Gasteiger partial charge in [0.15, 0.2) is 0 Å². The van der Waals surface area contributed by atoms with Gasteiger partial charge in [-0.15, -0.1) is 0 Å². The molecule has 0 radical (unpaired) electrons. The smallest absolute Gasteiger partial charge is 0.245 e. The molecule has 2 atom stereocenters. The molecule has 130 valence electrons. The van der Waals surface area contributed by atoms with Crippen molar-refractivity contribution in [3.8, 4) is 11.1 Å². The lowest BCUT2D eigenvalue weighted by Crippen LogP contribution is -2.38. The zero-order chi connectivity index (χ0) is 17.8. The molecule has 0 spiro atoms. The Bertz CT molecular complexity index is 863. The van der Waals surface area contributed by atoms with Gasteiger partial charge in [0.1, 0.15) is 6.04 Å². The first kappa shape index (κ1) is 17.2. The van der Waals surface area contributed by atoms with Crippen LogP contribution in [-0.4, -0.2) is 21.7 Å². The number of rotatable bonds is 6. The van der Waals surface area contributed by atoms with Crippen LogP contribution in [-0.2, 0) is 4.79 Å². The van der Waals surface area contributed by atoms with Gasteiger partial charge in [0, 0.05) is 17.8 Å². The second-order valence-corrected chi connectivity index (χ2v) is 6.48. The molecular weight excluding hydrogens is 310 g/mol. The number of hydrogen-bond donors (Lipinski definition) is 1. The van der Waals surface area contributed by atoms with Crippen LogP contribution in [0.1, 0.15) is 39.7 Å². The van der Waals surface area contributed by atoms with Crippen LogP contribution in [0, 0.1) is 0 Å². The van der Waals surface area contributed by atoms with Crippen LogP contribution in [0.2, 0.25) is 0 Å². The van der Waals surface area contributed by atoms with Crippen molar-refractivity contribution in [1.82, 2.24) is 15.1 Å². The fourth-order valence-corrected chi connectivity index (χ4v) is 3.06. The van der Waals surface area contributed by atoms with Crippen molar-refractivity contribution in [2.45, 2.75) is 45.7 Å². The Morgan fingerprint density at radius 1 is 1.12 bits per heavy atom. The van der Waals surface area contributed by atoms with Crippen LogP contribution >= 0.6 is 0 Å². The number of amides is 1. The van der Waals surface area contributed by atoms with E-state index >= 15 is 0 Å². The molecule has 4 nitrogen and oxygen atoms in total. The lowest BCUT2D eigenvalue weighted by molar-refractivity contribution is -0.125. The Kier molecular flexibility index (Phi) is 5.17. The van der Waals surface area contributed by atoms with E-state index in [4.69, 9.17) is 0 Å². The summed E-state index contributed by atoms with van der Waals surface area (Å²) in [5.41, 5.74) is 2.17. The molecular formula is C21H25N3O. The van der Waals surface area contributed by atoms with Gasteiger partial charge in [0.05, 0.1) is 6.20 Å². The highest BCUT2D eigenvalue weighted by Gasteiger charge is 2.21. The number of carbonyl (C=O) groups is 1. The Morgan fingerprint density at radius 2 is 1.88 bits per heavy atom. The number of nitrogens with one attached hydrogen (secondary N) is 1. The standard InChI is InChI=1S/C21H25N3O/c1-4-15(3)23-21(25)20(5-2)24-14-17(13-22-24)19-12-8-10-16-9-6-7-11-18(16)19/h6-15,20H,4-5H2,1-3H3,(H,23,25). The van der Waals surface area contributed by atoms with E-state index in [-0.39, 0.29) is 18.0 Å². The summed E-state index contributed by atoms with van der Waals surface area (Å²) in [5, 5.41) is 9.94. The molecule has 25 heavy (non-hydrogen) atoms. The minimum absolute atomic E-state index is 0.0319. The number of aromatic nitrogens is 2. The van der Waals surface area contributed by atoms with Crippen molar-refractivity contribution in [2.75, 3.05) is 0 Å². The van der Waals surface area contributed by atoms with Crippen LogP contribution < -0.4 is 5.32 Å². The van der Waals surface area contributed by atoms with Crippen LogP contribution in [0.3, 0.4) is 0 Å². The Morgan fingerprint density at radius 3 is 2.64 bits per heavy atom. The average Bonchev–Trinajstić information content (AvgIpc) is 3.11. The molecule has 0 bridgehead atoms. The fraction of sp³-hybridized carbons (Fsp3) is 0.333. The topological polar surface area (TPSA) is 46.9 Å². The van der Waals surface area contributed by atoms with E-state index in [2.05, 4.69) is 47.7 Å². The van der Waals surface area contributed by atoms with E-state index in [9.17, 15) is 4.79 Å². The number of benzene rings is 2. The normalized spacial score (nSPS) is 13.6. The van der Waals surface area contributed by atoms with E-state index in [0.717, 1.165) is 17.5 Å². The lowest BCUT2D eigenvalue weighted by atomic mass is 10.0. The molecule has 1 N–H and O–H groups in total. The van der Waals surface area contributed by atoms with Gasteiger partial charge in [-0.1, -0.05) is 56.3 Å². The maximum absolute atomic E-state index is 12.5. The molecule has 2 unspecified atom stereocenters. The molecule has 0 saturated carbocycles. The number of nitrogens with zero attached hydrogens (tertiary/aromatic N) is 2. The second-order valence-electron chi connectivity index (χ2n) is 6.48. The van der Waals surface area contributed by atoms with Gasteiger partial charge in [-0.05, 0) is 36.1 Å². The van der Waals surface area contributed by atoms with E-state index in [1.807, 2.05) is 38.4 Å². The maximum Gasteiger partial charge on any atom is 0.245 e. The van der Waals surface area contributed by atoms with Crippen molar-refractivity contribution < 1.29 is 4.79 Å². The third-order valence-corrected chi connectivity index (χ3v) is 4.71. The summed E-state index contributed by atoms with van der Waals surface area (Å²) >= 11 is 0. The average molecular weight is 335 g/mol. The van der Waals surface area contributed by atoms with E-state index in [1.54, 1.807) is 4.68 Å². The highest BCUT2D eigenvalue weighted by Crippen LogP contribution is 2.29. The van der Waals surface area contributed by atoms with Crippen molar-refractivity contribution in [3.63, 3.8) is 0 Å². The minimum Gasteiger partial charge on any atom is -0.352 e. The third kappa shape index (κ3) is 3.58. The van der Waals surface area contributed by atoms with Crippen molar-refractivity contribution in [1.29, 1.82) is 0 Å². The van der Waals surface area contributed by atoms with Gasteiger partial charge in [-0.3, -0.25) is 9.48 Å². The lowest BCUT2D eigenvalue weighted by Gasteiger charge is -2.18. The largest absolute Gasteiger partial charge is 0.352 e. The van der Waals surface area contributed by atoms with Gasteiger partial charge in [0.2, 0.25) is 5.91 Å². The first-order chi connectivity index (χ1) is 12.1.